The second-order valence-electron chi connectivity index (χ2n) is 7.90. The zero-order chi connectivity index (χ0) is 21.3. The van der Waals surface area contributed by atoms with E-state index >= 15 is 0 Å². The lowest BCUT2D eigenvalue weighted by Gasteiger charge is -2.36. The highest BCUT2D eigenvalue weighted by atomic mass is 17.2. The molecule has 0 saturated carbocycles. The van der Waals surface area contributed by atoms with Crippen LogP contribution in [0.4, 0.5) is 0 Å². The Morgan fingerprint density at radius 3 is 2.62 bits per heavy atom. The Balaban J connectivity index is 0.00000117. The monoisotopic (exact) mass is 397 g/mol. The Labute approximate surface area is 171 Å². The SMILES string of the molecule is C#C.CCCC1=CC(=O)OOc2c1c1c(c3c2C(N)CC(C)O3)C=CC(C)(C)O1. The van der Waals surface area contributed by atoms with Crippen molar-refractivity contribution in [3.63, 3.8) is 0 Å². The Kier molecular flexibility index (Phi) is 5.63. The van der Waals surface area contributed by atoms with Crippen LogP contribution in [0.15, 0.2) is 12.2 Å². The third-order valence-electron chi connectivity index (χ3n) is 5.06. The Bertz CT molecular complexity index is 910. The number of benzene rings is 1. The van der Waals surface area contributed by atoms with Crippen molar-refractivity contribution in [1.82, 2.24) is 0 Å². The maximum Gasteiger partial charge on any atom is 0.379 e. The molecule has 6 heteroatoms. The molecular weight excluding hydrogens is 370 g/mol. The van der Waals surface area contributed by atoms with Crippen molar-refractivity contribution in [1.29, 1.82) is 0 Å². The molecule has 29 heavy (non-hydrogen) atoms. The normalized spacial score (nSPS) is 23.1. The minimum atomic E-state index is -0.540. The lowest BCUT2D eigenvalue weighted by Crippen LogP contribution is -2.32. The first-order chi connectivity index (χ1) is 13.8. The zero-order valence-electron chi connectivity index (χ0n) is 17.3. The van der Waals surface area contributed by atoms with E-state index in [2.05, 4.69) is 19.8 Å². The van der Waals surface area contributed by atoms with Gasteiger partial charge in [-0.3, -0.25) is 4.89 Å². The van der Waals surface area contributed by atoms with Gasteiger partial charge in [0.15, 0.2) is 5.75 Å². The number of hydrogen-bond donors (Lipinski definition) is 1. The summed E-state index contributed by atoms with van der Waals surface area (Å²) in [5.74, 6) is 1.19. The van der Waals surface area contributed by atoms with E-state index in [9.17, 15) is 4.79 Å². The summed E-state index contributed by atoms with van der Waals surface area (Å²) >= 11 is 0. The molecule has 4 rings (SSSR count). The summed E-state index contributed by atoms with van der Waals surface area (Å²) in [6, 6.07) is -0.286. The predicted octanol–water partition coefficient (Wildman–Crippen LogP) is 4.33. The van der Waals surface area contributed by atoms with E-state index in [-0.39, 0.29) is 12.1 Å². The number of carbonyl (C=O) groups excluding carboxylic acids is 1. The highest BCUT2D eigenvalue weighted by molar-refractivity contribution is 5.96. The number of hydrogen-bond acceptors (Lipinski definition) is 6. The van der Waals surface area contributed by atoms with Gasteiger partial charge < -0.3 is 15.2 Å². The Hall–Kier alpha value is -2.91. The van der Waals surface area contributed by atoms with E-state index in [1.54, 1.807) is 0 Å². The van der Waals surface area contributed by atoms with E-state index in [4.69, 9.17) is 25.0 Å². The lowest BCUT2D eigenvalue weighted by atomic mass is 9.86. The lowest BCUT2D eigenvalue weighted by molar-refractivity contribution is -0.207. The van der Waals surface area contributed by atoms with E-state index in [1.807, 2.05) is 32.9 Å². The topological polar surface area (TPSA) is 80.0 Å². The fourth-order valence-electron chi connectivity index (χ4n) is 3.92. The van der Waals surface area contributed by atoms with Crippen molar-refractivity contribution in [2.45, 2.75) is 64.7 Å². The molecule has 1 aromatic carbocycles. The van der Waals surface area contributed by atoms with Crippen LogP contribution in [0.25, 0.3) is 11.6 Å². The summed E-state index contributed by atoms with van der Waals surface area (Å²) in [6.07, 6.45) is 15.7. The van der Waals surface area contributed by atoms with Gasteiger partial charge in [0.2, 0.25) is 0 Å². The number of terminal acetylenes is 1. The molecule has 3 heterocycles. The molecule has 0 saturated heterocycles. The molecule has 0 radical (unpaired) electrons. The van der Waals surface area contributed by atoms with Gasteiger partial charge in [-0.05, 0) is 44.9 Å². The fraction of sp³-hybridized carbons (Fsp3) is 0.435. The quantitative estimate of drug-likeness (QED) is 0.591. The molecule has 6 nitrogen and oxygen atoms in total. The van der Waals surface area contributed by atoms with Crippen LogP contribution >= 0.6 is 0 Å². The third-order valence-corrected chi connectivity index (χ3v) is 5.06. The molecule has 0 bridgehead atoms. The van der Waals surface area contributed by atoms with E-state index in [0.717, 1.165) is 28.7 Å². The summed E-state index contributed by atoms with van der Waals surface area (Å²) in [6.45, 7) is 8.01. The van der Waals surface area contributed by atoms with Crippen LogP contribution in [0.5, 0.6) is 17.2 Å². The average molecular weight is 397 g/mol. The highest BCUT2D eigenvalue weighted by Gasteiger charge is 2.39. The average Bonchev–Trinajstić information content (AvgIpc) is 2.81. The van der Waals surface area contributed by atoms with Crippen LogP contribution in [0.1, 0.15) is 69.7 Å². The number of fused-ring (bicyclic) bond motifs is 6. The zero-order valence-corrected chi connectivity index (χ0v) is 17.3. The molecule has 0 fully saturated rings. The van der Waals surface area contributed by atoms with E-state index < -0.39 is 11.6 Å². The van der Waals surface area contributed by atoms with Crippen LogP contribution in [0.3, 0.4) is 0 Å². The van der Waals surface area contributed by atoms with Crippen LogP contribution in [-0.2, 0) is 9.68 Å². The second kappa shape index (κ2) is 7.84. The number of nitrogens with two attached hydrogens (primary N) is 1. The van der Waals surface area contributed by atoms with Crippen molar-refractivity contribution in [2.75, 3.05) is 0 Å². The molecule has 3 aliphatic rings. The maximum absolute atomic E-state index is 12.1. The van der Waals surface area contributed by atoms with Crippen molar-refractivity contribution < 1.29 is 24.0 Å². The minimum Gasteiger partial charge on any atom is -0.489 e. The summed E-state index contributed by atoms with van der Waals surface area (Å²) < 4.78 is 12.5. The number of ether oxygens (including phenoxy) is 2. The molecule has 3 aliphatic heterocycles. The Morgan fingerprint density at radius 1 is 1.21 bits per heavy atom. The van der Waals surface area contributed by atoms with Crippen LogP contribution < -0.4 is 20.1 Å². The van der Waals surface area contributed by atoms with Gasteiger partial charge in [-0.2, -0.15) is 0 Å². The molecule has 154 valence electrons. The maximum atomic E-state index is 12.1. The minimum absolute atomic E-state index is 0.0306. The second-order valence-corrected chi connectivity index (χ2v) is 7.90. The fourth-order valence-corrected chi connectivity index (χ4v) is 3.92. The predicted molar refractivity (Wildman–Crippen MR) is 111 cm³/mol. The van der Waals surface area contributed by atoms with Crippen molar-refractivity contribution in [2.24, 2.45) is 5.73 Å². The van der Waals surface area contributed by atoms with Gasteiger partial charge in [0.1, 0.15) is 17.1 Å². The van der Waals surface area contributed by atoms with Crippen molar-refractivity contribution in [3.8, 4) is 30.1 Å². The smallest absolute Gasteiger partial charge is 0.379 e. The van der Waals surface area contributed by atoms with Gasteiger partial charge in [0, 0.05) is 18.5 Å². The first-order valence-electron chi connectivity index (χ1n) is 9.77. The van der Waals surface area contributed by atoms with Gasteiger partial charge in [0.25, 0.3) is 0 Å². The molecule has 0 aromatic heterocycles. The van der Waals surface area contributed by atoms with E-state index in [1.165, 1.54) is 6.08 Å². The van der Waals surface area contributed by atoms with Gasteiger partial charge in [0.05, 0.1) is 22.8 Å². The largest absolute Gasteiger partial charge is 0.489 e. The van der Waals surface area contributed by atoms with Crippen LogP contribution in [0.2, 0.25) is 0 Å². The Morgan fingerprint density at radius 2 is 1.93 bits per heavy atom. The number of rotatable bonds is 2. The van der Waals surface area contributed by atoms with Crippen molar-refractivity contribution in [3.05, 3.63) is 28.8 Å². The van der Waals surface area contributed by atoms with E-state index in [0.29, 0.717) is 30.1 Å². The van der Waals surface area contributed by atoms with Gasteiger partial charge in [-0.15, -0.1) is 12.8 Å². The molecule has 2 unspecified atom stereocenters. The van der Waals surface area contributed by atoms with Gasteiger partial charge >= 0.3 is 5.97 Å². The van der Waals surface area contributed by atoms with Crippen LogP contribution in [0, 0.1) is 12.8 Å². The van der Waals surface area contributed by atoms with Crippen molar-refractivity contribution >= 4 is 17.6 Å². The molecule has 1 aromatic rings. The summed E-state index contributed by atoms with van der Waals surface area (Å²) in [7, 11) is 0. The van der Waals surface area contributed by atoms with Gasteiger partial charge in [-0.1, -0.05) is 13.3 Å². The third kappa shape index (κ3) is 3.70. The summed E-state index contributed by atoms with van der Waals surface area (Å²) in [5, 5.41) is 0. The molecule has 0 amide bonds. The number of allylic oxidation sites excluding steroid dienone is 1. The molecule has 2 atom stereocenters. The molecule has 2 N–H and O–H groups in total. The first-order valence-corrected chi connectivity index (χ1v) is 9.77. The number of carbonyl (C=O) groups is 1. The van der Waals surface area contributed by atoms with Crippen LogP contribution in [-0.4, -0.2) is 17.7 Å². The van der Waals surface area contributed by atoms with Gasteiger partial charge in [-0.25, -0.2) is 9.68 Å². The molecule has 0 aliphatic carbocycles. The summed E-state index contributed by atoms with van der Waals surface area (Å²) in [4.78, 5) is 22.6. The standard InChI is InChI=1S/C21H25NO5.C2H2/c1-5-6-12-10-15(23)26-27-20-16(12)19-13(7-8-21(3,4)25-19)18-17(20)14(22)9-11(2)24-18;1-2/h7-8,10-11,14H,5-6,9,22H2,1-4H3;1-2H. The molecule has 0 spiro atoms. The first kappa shape index (κ1) is 20.8. The summed E-state index contributed by atoms with van der Waals surface area (Å²) in [5.41, 5.74) is 9.10. The molecular formula is C23H27NO5. The highest BCUT2D eigenvalue weighted by Crippen LogP contribution is 2.55.